The van der Waals surface area contributed by atoms with Gasteiger partial charge in [-0.1, -0.05) is 0 Å². The fourth-order valence-electron chi connectivity index (χ4n) is 2.46. The molecule has 2 aromatic carbocycles. The Morgan fingerprint density at radius 2 is 1.86 bits per heavy atom. The summed E-state index contributed by atoms with van der Waals surface area (Å²) in [5.74, 6) is -1.46. The van der Waals surface area contributed by atoms with Crippen LogP contribution in [-0.4, -0.2) is 23.9 Å². The van der Waals surface area contributed by atoms with E-state index >= 15 is 0 Å². The van der Waals surface area contributed by atoms with Gasteiger partial charge in [0.15, 0.2) is 11.7 Å². The number of aryl methyl sites for hydroxylation is 1. The second kappa shape index (κ2) is 8.96. The van der Waals surface area contributed by atoms with Crippen molar-refractivity contribution in [2.24, 2.45) is 0 Å². The lowest BCUT2D eigenvalue weighted by atomic mass is 10.2. The minimum absolute atomic E-state index is 0.0191. The van der Waals surface area contributed by atoms with Crippen LogP contribution in [-0.2, 0) is 11.2 Å². The van der Waals surface area contributed by atoms with Crippen molar-refractivity contribution in [3.8, 4) is 17.1 Å². The fraction of sp³-hybridized carbons (Fsp3) is 0.150. The second-order valence-corrected chi connectivity index (χ2v) is 5.97. The lowest BCUT2D eigenvalue weighted by Gasteiger charge is -2.07. The van der Waals surface area contributed by atoms with E-state index in [0.29, 0.717) is 11.3 Å². The highest BCUT2D eigenvalue weighted by molar-refractivity contribution is 5.95. The van der Waals surface area contributed by atoms with Crippen LogP contribution >= 0.6 is 0 Å². The highest BCUT2D eigenvalue weighted by Crippen LogP contribution is 2.24. The van der Waals surface area contributed by atoms with Gasteiger partial charge < -0.3 is 9.15 Å². The molecule has 0 aliphatic rings. The van der Waals surface area contributed by atoms with Crippen LogP contribution in [0.15, 0.2) is 53.1 Å². The van der Waals surface area contributed by atoms with E-state index in [-0.39, 0.29) is 30.1 Å². The number of nitrogens with zero attached hydrogens (tertiary/aromatic N) is 1. The minimum Gasteiger partial charge on any atom is -0.497 e. The smallest absolute Gasteiger partial charge is 0.269 e. The van der Waals surface area contributed by atoms with E-state index in [1.165, 1.54) is 19.4 Å². The summed E-state index contributed by atoms with van der Waals surface area (Å²) in [7, 11) is 1.52. The van der Waals surface area contributed by atoms with Crippen molar-refractivity contribution in [3.05, 3.63) is 71.8 Å². The number of hydrogen-bond donors (Lipinski definition) is 2. The number of nitrogens with one attached hydrogen (secondary N) is 2. The van der Waals surface area contributed by atoms with Crippen LogP contribution in [0.1, 0.15) is 22.7 Å². The van der Waals surface area contributed by atoms with E-state index < -0.39 is 23.4 Å². The van der Waals surface area contributed by atoms with Crippen LogP contribution in [0.4, 0.5) is 8.78 Å². The summed E-state index contributed by atoms with van der Waals surface area (Å²) in [6.45, 7) is 0. The molecule has 1 aromatic heterocycles. The zero-order valence-corrected chi connectivity index (χ0v) is 15.4. The lowest BCUT2D eigenvalue weighted by molar-refractivity contribution is -0.121. The van der Waals surface area contributed by atoms with Gasteiger partial charge in [-0.25, -0.2) is 13.8 Å². The number of hydrogen-bond acceptors (Lipinski definition) is 5. The maximum Gasteiger partial charge on any atom is 0.269 e. The quantitative estimate of drug-likeness (QED) is 0.620. The monoisotopic (exact) mass is 401 g/mol. The predicted molar refractivity (Wildman–Crippen MR) is 98.8 cm³/mol. The van der Waals surface area contributed by atoms with Crippen molar-refractivity contribution >= 4 is 11.8 Å². The molecule has 0 atom stereocenters. The molecule has 2 N–H and O–H groups in total. The third kappa shape index (κ3) is 5.16. The van der Waals surface area contributed by atoms with E-state index in [2.05, 4.69) is 15.8 Å². The zero-order valence-electron chi connectivity index (χ0n) is 15.4. The van der Waals surface area contributed by atoms with Gasteiger partial charge >= 0.3 is 0 Å². The molecule has 150 valence electrons. The van der Waals surface area contributed by atoms with E-state index in [4.69, 9.17) is 9.15 Å². The number of amides is 2. The summed E-state index contributed by atoms with van der Waals surface area (Å²) in [4.78, 5) is 27.9. The Balaban J connectivity index is 1.49. The first-order chi connectivity index (χ1) is 14.0. The Hall–Kier alpha value is -3.75. The second-order valence-electron chi connectivity index (χ2n) is 5.97. The van der Waals surface area contributed by atoms with Gasteiger partial charge in [-0.15, -0.1) is 0 Å². The summed E-state index contributed by atoms with van der Waals surface area (Å²) in [6, 6.07) is 9.47. The minimum atomic E-state index is -0.772. The molecule has 3 rings (SSSR count). The van der Waals surface area contributed by atoms with Crippen LogP contribution in [0.5, 0.6) is 5.75 Å². The van der Waals surface area contributed by atoms with Gasteiger partial charge in [0.1, 0.15) is 17.4 Å². The maximum absolute atomic E-state index is 13.8. The molecule has 0 radical (unpaired) electrons. The van der Waals surface area contributed by atoms with Crippen LogP contribution in [0.3, 0.4) is 0 Å². The summed E-state index contributed by atoms with van der Waals surface area (Å²) in [5, 5.41) is 0. The van der Waals surface area contributed by atoms with Crippen molar-refractivity contribution < 1.29 is 27.5 Å². The van der Waals surface area contributed by atoms with Crippen molar-refractivity contribution in [2.45, 2.75) is 12.8 Å². The third-order valence-corrected chi connectivity index (χ3v) is 3.98. The van der Waals surface area contributed by atoms with Crippen LogP contribution in [0.2, 0.25) is 0 Å². The molecule has 0 fully saturated rings. The van der Waals surface area contributed by atoms with Gasteiger partial charge in [0.05, 0.1) is 18.9 Å². The molecular weight excluding hydrogens is 384 g/mol. The highest BCUT2D eigenvalue weighted by atomic mass is 19.1. The van der Waals surface area contributed by atoms with Crippen LogP contribution in [0.25, 0.3) is 11.3 Å². The first kappa shape index (κ1) is 20.0. The average Bonchev–Trinajstić information content (AvgIpc) is 3.19. The molecule has 0 saturated heterocycles. The molecule has 0 unspecified atom stereocenters. The Kier molecular flexibility index (Phi) is 6.18. The van der Waals surface area contributed by atoms with Gasteiger partial charge in [-0.3, -0.25) is 20.4 Å². The SMILES string of the molecule is COc1ccc(C(=O)NNC(=O)CCc2ncc(-c3ccc(F)cc3F)o2)cc1. The normalized spacial score (nSPS) is 10.4. The van der Waals surface area contributed by atoms with E-state index in [1.807, 2.05) is 0 Å². The molecule has 0 spiro atoms. The number of oxazole rings is 1. The molecule has 29 heavy (non-hydrogen) atoms. The largest absolute Gasteiger partial charge is 0.497 e. The summed E-state index contributed by atoms with van der Waals surface area (Å²) >= 11 is 0. The van der Waals surface area contributed by atoms with Gasteiger partial charge in [-0.2, -0.15) is 0 Å². The topological polar surface area (TPSA) is 93.5 Å². The van der Waals surface area contributed by atoms with Gasteiger partial charge in [-0.05, 0) is 36.4 Å². The first-order valence-electron chi connectivity index (χ1n) is 8.59. The molecule has 0 saturated carbocycles. The summed E-state index contributed by atoms with van der Waals surface area (Å²) in [6.07, 6.45) is 1.41. The van der Waals surface area contributed by atoms with Gasteiger partial charge in [0.25, 0.3) is 5.91 Å². The molecular formula is C20H17F2N3O4. The van der Waals surface area contributed by atoms with Gasteiger partial charge in [0, 0.05) is 24.5 Å². The number of methoxy groups -OCH3 is 1. The number of carbonyl (C=O) groups excluding carboxylic acids is 2. The predicted octanol–water partition coefficient (Wildman–Crippen LogP) is 3.02. The highest BCUT2D eigenvalue weighted by Gasteiger charge is 2.13. The molecule has 0 bridgehead atoms. The van der Waals surface area contributed by atoms with E-state index in [1.54, 1.807) is 24.3 Å². The number of carbonyl (C=O) groups is 2. The lowest BCUT2D eigenvalue weighted by Crippen LogP contribution is -2.41. The maximum atomic E-state index is 13.8. The number of rotatable bonds is 6. The number of halogens is 2. The van der Waals surface area contributed by atoms with E-state index in [0.717, 1.165) is 12.1 Å². The van der Waals surface area contributed by atoms with Crippen LogP contribution < -0.4 is 15.6 Å². The summed E-state index contributed by atoms with van der Waals surface area (Å²) < 4.78 is 37.2. The number of ether oxygens (including phenoxy) is 1. The molecule has 2 amide bonds. The average molecular weight is 401 g/mol. The van der Waals surface area contributed by atoms with Crippen molar-refractivity contribution in [1.29, 1.82) is 0 Å². The number of aromatic nitrogens is 1. The van der Waals surface area contributed by atoms with Gasteiger partial charge in [0.2, 0.25) is 5.91 Å². The zero-order chi connectivity index (χ0) is 20.8. The molecule has 7 nitrogen and oxygen atoms in total. The molecule has 9 heteroatoms. The molecule has 3 aromatic rings. The van der Waals surface area contributed by atoms with Crippen molar-refractivity contribution in [1.82, 2.24) is 15.8 Å². The standard InChI is InChI=1S/C20H17F2N3O4/c1-28-14-5-2-12(3-6-14)20(27)25-24-18(26)8-9-19-23-11-17(29-19)15-7-4-13(21)10-16(15)22/h2-7,10-11H,8-9H2,1H3,(H,24,26)(H,25,27). The van der Waals surface area contributed by atoms with E-state index in [9.17, 15) is 18.4 Å². The Labute approximate surface area is 164 Å². The fourth-order valence-corrected chi connectivity index (χ4v) is 2.46. The molecule has 0 aliphatic carbocycles. The number of hydrazine groups is 1. The van der Waals surface area contributed by atoms with Crippen LogP contribution in [0, 0.1) is 11.6 Å². The Morgan fingerprint density at radius 1 is 1.10 bits per heavy atom. The summed E-state index contributed by atoms with van der Waals surface area (Å²) in [5.41, 5.74) is 5.02. The first-order valence-corrected chi connectivity index (χ1v) is 8.59. The Bertz CT molecular complexity index is 1020. The van der Waals surface area contributed by atoms with Crippen molar-refractivity contribution in [2.75, 3.05) is 7.11 Å². The Morgan fingerprint density at radius 3 is 2.55 bits per heavy atom. The molecule has 0 aliphatic heterocycles. The molecule has 1 heterocycles. The van der Waals surface area contributed by atoms with Crippen molar-refractivity contribution in [3.63, 3.8) is 0 Å². The third-order valence-electron chi connectivity index (χ3n) is 3.98. The number of benzene rings is 2.